The molecule has 0 spiro atoms. The van der Waals surface area contributed by atoms with E-state index in [0.717, 1.165) is 12.0 Å². The molecule has 1 aliphatic heterocycles. The van der Waals surface area contributed by atoms with Crippen molar-refractivity contribution in [2.45, 2.75) is 38.6 Å². The van der Waals surface area contributed by atoms with Crippen LogP contribution in [-0.4, -0.2) is 37.1 Å². The van der Waals surface area contributed by atoms with Crippen LogP contribution < -0.4 is 5.32 Å². The zero-order chi connectivity index (χ0) is 9.10. The highest BCUT2D eigenvalue weighted by Gasteiger charge is 2.26. The Labute approximate surface area is 81.7 Å². The van der Waals surface area contributed by atoms with Crippen molar-refractivity contribution in [3.8, 4) is 0 Å². The maximum Gasteiger partial charge on any atom is 0.0110 e. The molecule has 1 saturated heterocycles. The molecule has 1 N–H and O–H groups in total. The van der Waals surface area contributed by atoms with Crippen LogP contribution in [0.5, 0.6) is 0 Å². The number of rotatable bonds is 1. The molecule has 2 rings (SSSR count). The minimum Gasteiger partial charge on any atom is -0.315 e. The maximum absolute atomic E-state index is 3.47. The Hall–Kier alpha value is -0.0800. The van der Waals surface area contributed by atoms with Crippen molar-refractivity contribution in [2.75, 3.05) is 26.2 Å². The summed E-state index contributed by atoms with van der Waals surface area (Å²) in [7, 11) is 0. The SMILES string of the molecule is CC1CCC(N2CCCNCC2)C1. The third kappa shape index (κ3) is 2.44. The van der Waals surface area contributed by atoms with E-state index in [1.165, 1.54) is 51.9 Å². The maximum atomic E-state index is 3.47. The van der Waals surface area contributed by atoms with Gasteiger partial charge < -0.3 is 5.32 Å². The Bertz CT molecular complexity index is 150. The van der Waals surface area contributed by atoms with E-state index in [4.69, 9.17) is 0 Å². The summed E-state index contributed by atoms with van der Waals surface area (Å²) >= 11 is 0. The number of hydrogen-bond donors (Lipinski definition) is 1. The van der Waals surface area contributed by atoms with Crippen molar-refractivity contribution in [1.29, 1.82) is 0 Å². The van der Waals surface area contributed by atoms with E-state index in [9.17, 15) is 0 Å². The third-order valence-electron chi connectivity index (χ3n) is 3.56. The average Bonchev–Trinajstić information content (AvgIpc) is 2.43. The van der Waals surface area contributed by atoms with Crippen LogP contribution in [0.1, 0.15) is 32.6 Å². The molecule has 13 heavy (non-hydrogen) atoms. The molecule has 2 fully saturated rings. The molecule has 2 atom stereocenters. The molecular weight excluding hydrogens is 160 g/mol. The quantitative estimate of drug-likeness (QED) is 0.660. The molecule has 0 radical (unpaired) electrons. The van der Waals surface area contributed by atoms with Crippen molar-refractivity contribution in [3.05, 3.63) is 0 Å². The largest absolute Gasteiger partial charge is 0.315 e. The second-order valence-electron chi connectivity index (χ2n) is 4.71. The van der Waals surface area contributed by atoms with Crippen molar-refractivity contribution >= 4 is 0 Å². The van der Waals surface area contributed by atoms with Gasteiger partial charge in [-0.3, -0.25) is 4.90 Å². The minimum atomic E-state index is 0.912. The normalized spacial score (nSPS) is 37.6. The molecule has 2 aliphatic rings. The monoisotopic (exact) mass is 182 g/mol. The lowest BCUT2D eigenvalue weighted by Gasteiger charge is -2.26. The Kier molecular flexibility index (Phi) is 3.23. The van der Waals surface area contributed by atoms with Gasteiger partial charge in [-0.15, -0.1) is 0 Å². The summed E-state index contributed by atoms with van der Waals surface area (Å²) in [6.45, 7) is 7.42. The highest BCUT2D eigenvalue weighted by atomic mass is 15.2. The van der Waals surface area contributed by atoms with Crippen LogP contribution >= 0.6 is 0 Å². The number of hydrogen-bond acceptors (Lipinski definition) is 2. The Morgan fingerprint density at radius 1 is 1.15 bits per heavy atom. The molecule has 1 heterocycles. The molecule has 0 bridgehead atoms. The second-order valence-corrected chi connectivity index (χ2v) is 4.71. The van der Waals surface area contributed by atoms with E-state index in [-0.39, 0.29) is 0 Å². The first-order chi connectivity index (χ1) is 6.36. The summed E-state index contributed by atoms with van der Waals surface area (Å²) in [5.74, 6) is 0.973. The van der Waals surface area contributed by atoms with Crippen LogP contribution in [0.3, 0.4) is 0 Å². The molecule has 2 heteroatoms. The van der Waals surface area contributed by atoms with Gasteiger partial charge >= 0.3 is 0 Å². The lowest BCUT2D eigenvalue weighted by molar-refractivity contribution is 0.208. The van der Waals surface area contributed by atoms with Crippen LogP contribution in [0.25, 0.3) is 0 Å². The predicted octanol–water partition coefficient (Wildman–Crippen LogP) is 1.47. The van der Waals surface area contributed by atoms with Gasteiger partial charge in [0.15, 0.2) is 0 Å². The summed E-state index contributed by atoms with van der Waals surface area (Å²) in [6, 6.07) is 0.912. The first kappa shape index (κ1) is 9.47. The Balaban J connectivity index is 1.84. The lowest BCUT2D eigenvalue weighted by Crippen LogP contribution is -2.36. The highest BCUT2D eigenvalue weighted by molar-refractivity contribution is 4.82. The fourth-order valence-corrected chi connectivity index (χ4v) is 2.74. The Morgan fingerprint density at radius 2 is 2.08 bits per heavy atom. The van der Waals surface area contributed by atoms with Gasteiger partial charge in [0.1, 0.15) is 0 Å². The van der Waals surface area contributed by atoms with E-state index in [0.29, 0.717) is 0 Å². The fourth-order valence-electron chi connectivity index (χ4n) is 2.74. The summed E-state index contributed by atoms with van der Waals surface area (Å²) in [4.78, 5) is 2.71. The van der Waals surface area contributed by atoms with Crippen LogP contribution in [-0.2, 0) is 0 Å². The van der Waals surface area contributed by atoms with Crippen LogP contribution in [0, 0.1) is 5.92 Å². The van der Waals surface area contributed by atoms with Crippen LogP contribution in [0.2, 0.25) is 0 Å². The van der Waals surface area contributed by atoms with Gasteiger partial charge in [0.05, 0.1) is 0 Å². The van der Waals surface area contributed by atoms with Gasteiger partial charge in [0, 0.05) is 19.1 Å². The molecule has 1 saturated carbocycles. The zero-order valence-corrected chi connectivity index (χ0v) is 8.76. The second kappa shape index (κ2) is 4.43. The molecule has 2 nitrogen and oxygen atoms in total. The average molecular weight is 182 g/mol. The first-order valence-corrected chi connectivity index (χ1v) is 5.81. The van der Waals surface area contributed by atoms with E-state index in [1.807, 2.05) is 0 Å². The van der Waals surface area contributed by atoms with Crippen molar-refractivity contribution in [3.63, 3.8) is 0 Å². The summed E-state index contributed by atoms with van der Waals surface area (Å²) in [5, 5.41) is 3.47. The van der Waals surface area contributed by atoms with Gasteiger partial charge in [0.25, 0.3) is 0 Å². The number of nitrogens with zero attached hydrogens (tertiary/aromatic N) is 1. The van der Waals surface area contributed by atoms with E-state index in [1.54, 1.807) is 0 Å². The molecule has 1 aliphatic carbocycles. The number of nitrogens with one attached hydrogen (secondary N) is 1. The molecule has 0 aromatic carbocycles. The smallest absolute Gasteiger partial charge is 0.0110 e. The zero-order valence-electron chi connectivity index (χ0n) is 8.76. The van der Waals surface area contributed by atoms with Gasteiger partial charge in [-0.05, 0) is 44.7 Å². The minimum absolute atomic E-state index is 0.912. The topological polar surface area (TPSA) is 15.3 Å². The fraction of sp³-hybridized carbons (Fsp3) is 1.00. The molecule has 0 aromatic rings. The molecular formula is C11H22N2. The van der Waals surface area contributed by atoms with Crippen molar-refractivity contribution in [2.24, 2.45) is 5.92 Å². The van der Waals surface area contributed by atoms with Gasteiger partial charge in [-0.2, -0.15) is 0 Å². The van der Waals surface area contributed by atoms with E-state index in [2.05, 4.69) is 17.1 Å². The standard InChI is InChI=1S/C11H22N2/c1-10-3-4-11(9-10)13-7-2-5-12-6-8-13/h10-12H,2-9H2,1H3. The summed E-state index contributed by atoms with van der Waals surface area (Å²) < 4.78 is 0. The lowest BCUT2D eigenvalue weighted by atomic mass is 10.1. The molecule has 76 valence electrons. The molecule has 0 amide bonds. The van der Waals surface area contributed by atoms with Crippen LogP contribution in [0.15, 0.2) is 0 Å². The predicted molar refractivity (Wildman–Crippen MR) is 55.9 cm³/mol. The Morgan fingerprint density at radius 3 is 2.85 bits per heavy atom. The van der Waals surface area contributed by atoms with E-state index < -0.39 is 0 Å². The van der Waals surface area contributed by atoms with Gasteiger partial charge in [-0.1, -0.05) is 6.92 Å². The molecule has 2 unspecified atom stereocenters. The summed E-state index contributed by atoms with van der Waals surface area (Å²) in [5.41, 5.74) is 0. The van der Waals surface area contributed by atoms with Gasteiger partial charge in [0.2, 0.25) is 0 Å². The highest BCUT2D eigenvalue weighted by Crippen LogP contribution is 2.28. The van der Waals surface area contributed by atoms with Crippen molar-refractivity contribution < 1.29 is 0 Å². The van der Waals surface area contributed by atoms with E-state index >= 15 is 0 Å². The first-order valence-electron chi connectivity index (χ1n) is 5.81. The summed E-state index contributed by atoms with van der Waals surface area (Å²) in [6.07, 6.45) is 5.68. The van der Waals surface area contributed by atoms with Crippen LogP contribution in [0.4, 0.5) is 0 Å². The third-order valence-corrected chi connectivity index (χ3v) is 3.56. The molecule has 0 aromatic heterocycles. The van der Waals surface area contributed by atoms with Crippen molar-refractivity contribution in [1.82, 2.24) is 10.2 Å². The van der Waals surface area contributed by atoms with Gasteiger partial charge in [-0.25, -0.2) is 0 Å².